The van der Waals surface area contributed by atoms with Gasteiger partial charge in [-0.25, -0.2) is 0 Å². The lowest BCUT2D eigenvalue weighted by Crippen LogP contribution is -2.28. The Morgan fingerprint density at radius 2 is 2.00 bits per heavy atom. The van der Waals surface area contributed by atoms with Gasteiger partial charge < -0.3 is 14.7 Å². The number of carbonyl (C=O) groups is 1. The molecule has 4 heteroatoms. The Bertz CT molecular complexity index is 813. The second-order valence-corrected chi connectivity index (χ2v) is 5.69. The maximum atomic E-state index is 12.3. The first-order chi connectivity index (χ1) is 10.5. The summed E-state index contributed by atoms with van der Waals surface area (Å²) >= 11 is 0. The summed E-state index contributed by atoms with van der Waals surface area (Å²) in [6.45, 7) is 5.83. The van der Waals surface area contributed by atoms with Crippen LogP contribution < -0.4 is 5.32 Å². The molecule has 0 fully saturated rings. The van der Waals surface area contributed by atoms with Crippen LogP contribution in [0.25, 0.3) is 10.9 Å². The number of H-pyrrole nitrogens is 1. The highest BCUT2D eigenvalue weighted by Crippen LogP contribution is 2.23. The van der Waals surface area contributed by atoms with Gasteiger partial charge in [-0.1, -0.05) is 18.2 Å². The fourth-order valence-corrected chi connectivity index (χ4v) is 2.77. The van der Waals surface area contributed by atoms with Crippen molar-refractivity contribution in [3.05, 3.63) is 59.2 Å². The molecule has 1 amide bonds. The van der Waals surface area contributed by atoms with Gasteiger partial charge in [0.05, 0.1) is 12.5 Å². The number of aryl methyl sites for hydroxylation is 2. The van der Waals surface area contributed by atoms with Gasteiger partial charge in [-0.3, -0.25) is 4.79 Å². The van der Waals surface area contributed by atoms with E-state index in [4.69, 9.17) is 4.42 Å². The van der Waals surface area contributed by atoms with Crippen LogP contribution in [0.3, 0.4) is 0 Å². The molecule has 1 atom stereocenters. The lowest BCUT2D eigenvalue weighted by Gasteiger charge is -2.11. The summed E-state index contributed by atoms with van der Waals surface area (Å²) in [6, 6.07) is 11.7. The van der Waals surface area contributed by atoms with Crippen LogP contribution in [-0.2, 0) is 11.2 Å². The standard InChI is InChI=1S/C18H20N2O2/c1-11-8-9-17(22-11)13(3)20-18(21)10-15-12(2)19-16-7-5-4-6-14(15)16/h4-9,13,19H,10H2,1-3H3,(H,20,21). The summed E-state index contributed by atoms with van der Waals surface area (Å²) in [4.78, 5) is 15.7. The minimum absolute atomic E-state index is 0.00518. The third kappa shape index (κ3) is 2.77. The average Bonchev–Trinajstić information content (AvgIpc) is 3.04. The van der Waals surface area contributed by atoms with Crippen LogP contribution in [0.2, 0.25) is 0 Å². The topological polar surface area (TPSA) is 58.0 Å². The molecule has 1 aromatic carbocycles. The Labute approximate surface area is 129 Å². The van der Waals surface area contributed by atoms with Crippen molar-refractivity contribution in [3.8, 4) is 0 Å². The second-order valence-electron chi connectivity index (χ2n) is 5.69. The van der Waals surface area contributed by atoms with Crippen LogP contribution in [0.15, 0.2) is 40.8 Å². The first-order valence-corrected chi connectivity index (χ1v) is 7.46. The van der Waals surface area contributed by atoms with E-state index in [0.29, 0.717) is 6.42 Å². The Kier molecular flexibility index (Phi) is 3.75. The van der Waals surface area contributed by atoms with Crippen molar-refractivity contribution in [1.82, 2.24) is 10.3 Å². The largest absolute Gasteiger partial charge is 0.464 e. The maximum absolute atomic E-state index is 12.3. The van der Waals surface area contributed by atoms with Crippen LogP contribution >= 0.6 is 0 Å². The highest BCUT2D eigenvalue weighted by atomic mass is 16.3. The maximum Gasteiger partial charge on any atom is 0.225 e. The van der Waals surface area contributed by atoms with Crippen LogP contribution in [-0.4, -0.2) is 10.9 Å². The predicted octanol–water partition coefficient (Wildman–Crippen LogP) is 3.80. The van der Waals surface area contributed by atoms with E-state index in [2.05, 4.69) is 10.3 Å². The van der Waals surface area contributed by atoms with Gasteiger partial charge in [0.15, 0.2) is 0 Å². The van der Waals surface area contributed by atoms with E-state index in [0.717, 1.165) is 33.7 Å². The third-order valence-electron chi connectivity index (χ3n) is 3.93. The molecule has 114 valence electrons. The number of rotatable bonds is 4. The van der Waals surface area contributed by atoms with Gasteiger partial charge in [0.1, 0.15) is 11.5 Å². The van der Waals surface area contributed by atoms with Gasteiger partial charge in [0.25, 0.3) is 0 Å². The Morgan fingerprint density at radius 3 is 2.73 bits per heavy atom. The summed E-state index contributed by atoms with van der Waals surface area (Å²) < 4.78 is 5.55. The van der Waals surface area contributed by atoms with Crippen LogP contribution in [0.1, 0.15) is 35.7 Å². The van der Waals surface area contributed by atoms with Crippen molar-refractivity contribution in [1.29, 1.82) is 0 Å². The normalized spacial score (nSPS) is 12.5. The molecule has 2 aromatic heterocycles. The highest BCUT2D eigenvalue weighted by Gasteiger charge is 2.16. The van der Waals surface area contributed by atoms with E-state index in [9.17, 15) is 4.79 Å². The zero-order chi connectivity index (χ0) is 15.7. The molecule has 0 spiro atoms. The zero-order valence-corrected chi connectivity index (χ0v) is 13.1. The van der Waals surface area contributed by atoms with Crippen LogP contribution in [0, 0.1) is 13.8 Å². The van der Waals surface area contributed by atoms with E-state index < -0.39 is 0 Å². The van der Waals surface area contributed by atoms with Crippen molar-refractivity contribution < 1.29 is 9.21 Å². The average molecular weight is 296 g/mol. The molecule has 4 nitrogen and oxygen atoms in total. The summed E-state index contributed by atoms with van der Waals surface area (Å²) in [5, 5.41) is 4.10. The smallest absolute Gasteiger partial charge is 0.225 e. The molecule has 3 rings (SSSR count). The second kappa shape index (κ2) is 5.72. The first kappa shape index (κ1) is 14.4. The number of nitrogens with one attached hydrogen (secondary N) is 2. The molecule has 0 bridgehead atoms. The number of fused-ring (bicyclic) bond motifs is 1. The molecular formula is C18H20N2O2. The minimum atomic E-state index is -0.133. The van der Waals surface area contributed by atoms with Gasteiger partial charge in [-0.2, -0.15) is 0 Å². The monoisotopic (exact) mass is 296 g/mol. The van der Waals surface area contributed by atoms with Crippen molar-refractivity contribution in [3.63, 3.8) is 0 Å². The molecule has 22 heavy (non-hydrogen) atoms. The minimum Gasteiger partial charge on any atom is -0.464 e. The van der Waals surface area contributed by atoms with Crippen molar-refractivity contribution in [2.75, 3.05) is 0 Å². The number of carbonyl (C=O) groups excluding carboxylic acids is 1. The number of hydrogen-bond donors (Lipinski definition) is 2. The Morgan fingerprint density at radius 1 is 1.23 bits per heavy atom. The molecule has 3 aromatic rings. The van der Waals surface area contributed by atoms with Gasteiger partial charge in [-0.05, 0) is 44.5 Å². The third-order valence-corrected chi connectivity index (χ3v) is 3.93. The molecule has 0 aliphatic rings. The SMILES string of the molecule is Cc1ccc(C(C)NC(=O)Cc2c(C)[nH]c3ccccc23)o1. The van der Waals surface area contributed by atoms with E-state index in [1.807, 2.05) is 57.2 Å². The number of furan rings is 1. The molecule has 2 heterocycles. The fourth-order valence-electron chi connectivity index (χ4n) is 2.77. The fraction of sp³-hybridized carbons (Fsp3) is 0.278. The molecule has 0 saturated carbocycles. The van der Waals surface area contributed by atoms with Gasteiger partial charge in [-0.15, -0.1) is 0 Å². The lowest BCUT2D eigenvalue weighted by molar-refractivity contribution is -0.121. The van der Waals surface area contributed by atoms with E-state index in [1.54, 1.807) is 0 Å². The molecule has 0 radical (unpaired) electrons. The Balaban J connectivity index is 1.74. The molecule has 2 N–H and O–H groups in total. The van der Waals surface area contributed by atoms with Crippen molar-refractivity contribution in [2.45, 2.75) is 33.2 Å². The molecule has 0 aliphatic carbocycles. The number of para-hydroxylation sites is 1. The predicted molar refractivity (Wildman–Crippen MR) is 86.7 cm³/mol. The van der Waals surface area contributed by atoms with E-state index in [1.165, 1.54) is 0 Å². The lowest BCUT2D eigenvalue weighted by atomic mass is 10.1. The molecule has 1 unspecified atom stereocenters. The summed E-state index contributed by atoms with van der Waals surface area (Å²) in [5.74, 6) is 1.62. The van der Waals surface area contributed by atoms with E-state index >= 15 is 0 Å². The van der Waals surface area contributed by atoms with E-state index in [-0.39, 0.29) is 11.9 Å². The summed E-state index contributed by atoms with van der Waals surface area (Å²) in [5.41, 5.74) is 3.16. The van der Waals surface area contributed by atoms with Crippen LogP contribution in [0.5, 0.6) is 0 Å². The number of benzene rings is 1. The van der Waals surface area contributed by atoms with Gasteiger partial charge >= 0.3 is 0 Å². The number of aromatic amines is 1. The van der Waals surface area contributed by atoms with Crippen molar-refractivity contribution in [2.24, 2.45) is 0 Å². The zero-order valence-electron chi connectivity index (χ0n) is 13.1. The summed E-state index contributed by atoms with van der Waals surface area (Å²) in [7, 11) is 0. The van der Waals surface area contributed by atoms with Gasteiger partial charge in [0, 0.05) is 16.6 Å². The number of aromatic nitrogens is 1. The van der Waals surface area contributed by atoms with Crippen LogP contribution in [0.4, 0.5) is 0 Å². The van der Waals surface area contributed by atoms with Crippen molar-refractivity contribution >= 4 is 16.8 Å². The molecular weight excluding hydrogens is 276 g/mol. The molecule has 0 aliphatic heterocycles. The highest BCUT2D eigenvalue weighted by molar-refractivity contribution is 5.90. The summed E-state index contributed by atoms with van der Waals surface area (Å²) in [6.07, 6.45) is 0.361. The quantitative estimate of drug-likeness (QED) is 0.769. The first-order valence-electron chi connectivity index (χ1n) is 7.46. The number of hydrogen-bond acceptors (Lipinski definition) is 2. The van der Waals surface area contributed by atoms with Gasteiger partial charge in [0.2, 0.25) is 5.91 Å². The number of amides is 1. The Hall–Kier alpha value is -2.49. The molecule has 0 saturated heterocycles.